The summed E-state index contributed by atoms with van der Waals surface area (Å²) in [6, 6.07) is 12.3. The molecule has 4 rings (SSSR count). The molecular weight excluding hydrogens is 412 g/mol. The lowest BCUT2D eigenvalue weighted by atomic mass is 10.1. The molecular formula is C23H28N4O3S. The molecule has 3 aromatic rings. The average molecular weight is 441 g/mol. The van der Waals surface area contributed by atoms with Gasteiger partial charge in [-0.3, -0.25) is 9.69 Å². The van der Waals surface area contributed by atoms with Gasteiger partial charge in [0, 0.05) is 39.0 Å². The summed E-state index contributed by atoms with van der Waals surface area (Å²) in [5.74, 6) is 1.19. The number of carbonyl (C=O) groups excluding carboxylic acids is 1. The average Bonchev–Trinajstić information content (AvgIpc) is 3.47. The molecule has 2 N–H and O–H groups in total. The van der Waals surface area contributed by atoms with Gasteiger partial charge in [0.1, 0.15) is 0 Å². The van der Waals surface area contributed by atoms with Gasteiger partial charge in [0.25, 0.3) is 0 Å². The van der Waals surface area contributed by atoms with Crippen LogP contribution < -0.4 is 5.32 Å². The lowest BCUT2D eigenvalue weighted by Crippen LogP contribution is -2.35. The van der Waals surface area contributed by atoms with E-state index in [2.05, 4.69) is 44.6 Å². The fourth-order valence-electron chi connectivity index (χ4n) is 3.65. The number of aliphatic hydroxyl groups excluding tert-OH is 1. The van der Waals surface area contributed by atoms with Gasteiger partial charge in [0.05, 0.1) is 11.0 Å². The first-order chi connectivity index (χ1) is 15.2. The van der Waals surface area contributed by atoms with E-state index in [-0.39, 0.29) is 12.0 Å². The Labute approximate surface area is 186 Å². The van der Waals surface area contributed by atoms with E-state index in [4.69, 9.17) is 4.52 Å². The number of rotatable bonds is 9. The van der Waals surface area contributed by atoms with Crippen molar-refractivity contribution < 1.29 is 14.4 Å². The third-order valence-electron chi connectivity index (χ3n) is 5.48. The molecule has 1 saturated heterocycles. The normalized spacial score (nSPS) is 15.3. The number of aliphatic hydroxyl groups is 1. The molecule has 3 heterocycles. The number of nitrogens with zero attached hydrogens (tertiary/aromatic N) is 3. The topological polar surface area (TPSA) is 91.5 Å². The molecule has 0 spiro atoms. The summed E-state index contributed by atoms with van der Waals surface area (Å²) in [5, 5.41) is 18.6. The van der Waals surface area contributed by atoms with Gasteiger partial charge in [-0.1, -0.05) is 35.5 Å². The smallest absolute Gasteiger partial charge is 0.226 e. The Balaban J connectivity index is 1.14. The molecule has 2 aromatic heterocycles. The Morgan fingerprint density at radius 1 is 1.19 bits per heavy atom. The van der Waals surface area contributed by atoms with Crippen LogP contribution in [0.5, 0.6) is 0 Å². The van der Waals surface area contributed by atoms with Gasteiger partial charge in [0.15, 0.2) is 0 Å². The maximum absolute atomic E-state index is 12.2. The summed E-state index contributed by atoms with van der Waals surface area (Å²) in [7, 11) is 0. The number of nitrogens with one attached hydrogen (secondary N) is 1. The second-order valence-electron chi connectivity index (χ2n) is 7.94. The van der Waals surface area contributed by atoms with Crippen molar-refractivity contribution in [1.29, 1.82) is 0 Å². The lowest BCUT2D eigenvalue weighted by Gasteiger charge is -2.29. The zero-order valence-electron chi connectivity index (χ0n) is 17.5. The number of aryl methyl sites for hydroxylation is 1. The first kappa shape index (κ1) is 21.7. The van der Waals surface area contributed by atoms with E-state index >= 15 is 0 Å². The summed E-state index contributed by atoms with van der Waals surface area (Å²) < 4.78 is 5.27. The van der Waals surface area contributed by atoms with Crippen LogP contribution in [0.2, 0.25) is 0 Å². The van der Waals surface area contributed by atoms with Crippen LogP contribution in [0.3, 0.4) is 0 Å². The van der Waals surface area contributed by atoms with Crippen LogP contribution in [-0.2, 0) is 24.3 Å². The Bertz CT molecular complexity index is 948. The van der Waals surface area contributed by atoms with Crippen LogP contribution in [0, 0.1) is 0 Å². The van der Waals surface area contributed by atoms with Crippen molar-refractivity contribution >= 4 is 17.2 Å². The summed E-state index contributed by atoms with van der Waals surface area (Å²) in [4.78, 5) is 19.9. The minimum Gasteiger partial charge on any atom is -0.393 e. The second kappa shape index (κ2) is 10.7. The third kappa shape index (κ3) is 6.46. The Hall–Kier alpha value is -2.55. The number of carbonyl (C=O) groups is 1. The largest absolute Gasteiger partial charge is 0.393 e. The summed E-state index contributed by atoms with van der Waals surface area (Å²) >= 11 is 1.57. The quantitative estimate of drug-likeness (QED) is 0.530. The molecule has 0 unspecified atom stereocenters. The van der Waals surface area contributed by atoms with Crippen LogP contribution in [0.15, 0.2) is 46.3 Å². The highest BCUT2D eigenvalue weighted by atomic mass is 32.1. The van der Waals surface area contributed by atoms with E-state index in [1.54, 1.807) is 11.3 Å². The SMILES string of the molecule is O=C(CCCc1nc(-c2cccs2)no1)NCc1ccc(CN2CCC(O)CC2)cc1. The van der Waals surface area contributed by atoms with Crippen molar-refractivity contribution in [3.63, 3.8) is 0 Å². The predicted molar refractivity (Wildman–Crippen MR) is 119 cm³/mol. The molecule has 7 nitrogen and oxygen atoms in total. The maximum Gasteiger partial charge on any atom is 0.226 e. The Morgan fingerprint density at radius 3 is 2.71 bits per heavy atom. The van der Waals surface area contributed by atoms with Crippen molar-refractivity contribution in [1.82, 2.24) is 20.4 Å². The van der Waals surface area contributed by atoms with E-state index in [1.165, 1.54) is 5.56 Å². The number of hydrogen-bond donors (Lipinski definition) is 2. The molecule has 1 aliphatic rings. The molecule has 0 saturated carbocycles. The molecule has 1 amide bonds. The molecule has 0 radical (unpaired) electrons. The molecule has 0 bridgehead atoms. The standard InChI is InChI=1S/C23H28N4O3S/c28-19-10-12-27(13-11-19)16-18-8-6-17(7-9-18)15-24-21(29)4-1-5-22-25-23(26-30-22)20-3-2-14-31-20/h2-3,6-9,14,19,28H,1,4-5,10-13,15-16H2,(H,24,29). The van der Waals surface area contributed by atoms with Crippen LogP contribution in [0.4, 0.5) is 0 Å². The number of likely N-dealkylation sites (tertiary alicyclic amines) is 1. The Morgan fingerprint density at radius 2 is 1.97 bits per heavy atom. The molecule has 1 aliphatic heterocycles. The van der Waals surface area contributed by atoms with Gasteiger partial charge < -0.3 is 14.9 Å². The van der Waals surface area contributed by atoms with E-state index in [0.29, 0.717) is 37.5 Å². The van der Waals surface area contributed by atoms with Crippen molar-refractivity contribution in [2.75, 3.05) is 13.1 Å². The number of thiophene rings is 1. The van der Waals surface area contributed by atoms with Gasteiger partial charge in [-0.2, -0.15) is 4.98 Å². The minimum atomic E-state index is -0.141. The monoisotopic (exact) mass is 440 g/mol. The Kier molecular flexibility index (Phi) is 7.45. The summed E-state index contributed by atoms with van der Waals surface area (Å²) in [6.07, 6.45) is 3.25. The predicted octanol–water partition coefficient (Wildman–Crippen LogP) is 3.39. The maximum atomic E-state index is 12.2. The third-order valence-corrected chi connectivity index (χ3v) is 6.35. The molecule has 1 fully saturated rings. The molecule has 31 heavy (non-hydrogen) atoms. The fourth-order valence-corrected chi connectivity index (χ4v) is 4.30. The number of amides is 1. The number of benzene rings is 1. The molecule has 8 heteroatoms. The molecule has 0 aliphatic carbocycles. The second-order valence-corrected chi connectivity index (χ2v) is 8.89. The zero-order chi connectivity index (χ0) is 21.5. The van der Waals surface area contributed by atoms with Crippen LogP contribution >= 0.6 is 11.3 Å². The van der Waals surface area contributed by atoms with E-state index in [9.17, 15) is 9.90 Å². The van der Waals surface area contributed by atoms with E-state index in [1.807, 2.05) is 17.5 Å². The molecule has 0 atom stereocenters. The highest BCUT2D eigenvalue weighted by molar-refractivity contribution is 7.13. The minimum absolute atomic E-state index is 0.0222. The van der Waals surface area contributed by atoms with Gasteiger partial charge in [-0.15, -0.1) is 11.3 Å². The van der Waals surface area contributed by atoms with Crippen molar-refractivity contribution in [2.45, 2.75) is 51.3 Å². The first-order valence-electron chi connectivity index (χ1n) is 10.8. The van der Waals surface area contributed by atoms with Gasteiger partial charge >= 0.3 is 0 Å². The van der Waals surface area contributed by atoms with E-state index in [0.717, 1.165) is 42.9 Å². The highest BCUT2D eigenvalue weighted by Crippen LogP contribution is 2.21. The number of piperidine rings is 1. The van der Waals surface area contributed by atoms with Gasteiger partial charge in [-0.25, -0.2) is 0 Å². The number of hydrogen-bond acceptors (Lipinski definition) is 7. The zero-order valence-corrected chi connectivity index (χ0v) is 18.3. The van der Waals surface area contributed by atoms with Crippen LogP contribution in [0.25, 0.3) is 10.7 Å². The summed E-state index contributed by atoms with van der Waals surface area (Å²) in [6.45, 7) is 3.32. The van der Waals surface area contributed by atoms with Crippen molar-refractivity contribution in [2.24, 2.45) is 0 Å². The van der Waals surface area contributed by atoms with E-state index < -0.39 is 0 Å². The van der Waals surface area contributed by atoms with Crippen molar-refractivity contribution in [3.05, 3.63) is 58.8 Å². The van der Waals surface area contributed by atoms with Crippen LogP contribution in [0.1, 0.15) is 42.7 Å². The lowest BCUT2D eigenvalue weighted by molar-refractivity contribution is -0.121. The van der Waals surface area contributed by atoms with Crippen molar-refractivity contribution in [3.8, 4) is 10.7 Å². The fraction of sp³-hybridized carbons (Fsp3) is 0.435. The molecule has 164 valence electrons. The van der Waals surface area contributed by atoms with Gasteiger partial charge in [0.2, 0.25) is 17.6 Å². The van der Waals surface area contributed by atoms with Gasteiger partial charge in [-0.05, 0) is 41.8 Å². The number of aromatic nitrogens is 2. The first-order valence-corrected chi connectivity index (χ1v) is 11.6. The molecule has 1 aromatic carbocycles. The highest BCUT2D eigenvalue weighted by Gasteiger charge is 2.16. The van der Waals surface area contributed by atoms with Crippen LogP contribution in [-0.4, -0.2) is 45.2 Å². The summed E-state index contributed by atoms with van der Waals surface area (Å²) in [5.41, 5.74) is 2.34.